The lowest BCUT2D eigenvalue weighted by molar-refractivity contribution is -0.166. The second-order valence-corrected chi connectivity index (χ2v) is 6.65. The molecule has 2 heterocycles. The largest absolute Gasteiger partial charge is 0.480 e. The third-order valence-electron chi connectivity index (χ3n) is 3.31. The van der Waals surface area contributed by atoms with Gasteiger partial charge in [-0.3, -0.25) is 4.90 Å². The Kier molecular flexibility index (Phi) is 3.88. The Bertz CT molecular complexity index is 484. The Labute approximate surface area is 118 Å². The number of aromatic nitrogens is 1. The molecule has 0 bridgehead atoms. The molecule has 0 atom stereocenters. The van der Waals surface area contributed by atoms with E-state index in [1.807, 2.05) is 6.92 Å². The van der Waals surface area contributed by atoms with Crippen LogP contribution >= 0.6 is 0 Å². The normalized spacial score (nSPS) is 18.8. The van der Waals surface area contributed by atoms with E-state index >= 15 is 0 Å². The second kappa shape index (κ2) is 5.18. The van der Waals surface area contributed by atoms with Crippen LogP contribution in [0.4, 0.5) is 0 Å². The number of likely N-dealkylation sites (tertiary alicyclic amines) is 1. The number of rotatable bonds is 5. The Hall–Kier alpha value is -1.40. The van der Waals surface area contributed by atoms with Gasteiger partial charge in [-0.25, -0.2) is 9.78 Å². The van der Waals surface area contributed by atoms with Crippen molar-refractivity contribution in [2.75, 3.05) is 19.7 Å². The number of carbonyl (C=O) groups is 1. The first-order valence-electron chi connectivity index (χ1n) is 6.71. The Morgan fingerprint density at radius 3 is 2.70 bits per heavy atom. The summed E-state index contributed by atoms with van der Waals surface area (Å²) < 4.78 is 11.1. The lowest BCUT2D eigenvalue weighted by atomic mass is 9.94. The maximum atomic E-state index is 10.5. The molecule has 1 fully saturated rings. The van der Waals surface area contributed by atoms with Gasteiger partial charge >= 0.3 is 5.97 Å². The summed E-state index contributed by atoms with van der Waals surface area (Å²) in [6, 6.07) is 0. The molecule has 1 N–H and O–H groups in total. The molecule has 0 unspecified atom stereocenters. The van der Waals surface area contributed by atoms with E-state index < -0.39 is 5.97 Å². The van der Waals surface area contributed by atoms with E-state index in [0.29, 0.717) is 25.5 Å². The highest BCUT2D eigenvalue weighted by molar-refractivity contribution is 5.68. The van der Waals surface area contributed by atoms with Gasteiger partial charge in [-0.05, 0) is 6.92 Å². The Morgan fingerprint density at radius 1 is 1.55 bits per heavy atom. The van der Waals surface area contributed by atoms with E-state index in [-0.39, 0.29) is 17.6 Å². The van der Waals surface area contributed by atoms with E-state index in [2.05, 4.69) is 30.7 Å². The molecule has 20 heavy (non-hydrogen) atoms. The maximum Gasteiger partial charge on any atom is 0.329 e. The zero-order valence-electron chi connectivity index (χ0n) is 12.5. The van der Waals surface area contributed by atoms with Gasteiger partial charge in [0.1, 0.15) is 12.4 Å². The van der Waals surface area contributed by atoms with Gasteiger partial charge in [0.2, 0.25) is 5.89 Å². The molecule has 6 heteroatoms. The van der Waals surface area contributed by atoms with Crippen molar-refractivity contribution in [1.82, 2.24) is 9.88 Å². The summed E-state index contributed by atoms with van der Waals surface area (Å²) in [7, 11) is 0. The molecule has 0 saturated carbocycles. The van der Waals surface area contributed by atoms with Gasteiger partial charge in [0.05, 0.1) is 18.3 Å². The molecular formula is C14H22N2O4. The second-order valence-electron chi connectivity index (χ2n) is 6.65. The number of oxazole rings is 1. The van der Waals surface area contributed by atoms with Crippen LogP contribution in [0, 0.1) is 0 Å². The molecule has 0 aromatic carbocycles. The number of carboxylic acid groups (broad SMARTS) is 1. The summed E-state index contributed by atoms with van der Waals surface area (Å²) in [5.74, 6) is 0.625. The molecule has 0 aliphatic carbocycles. The van der Waals surface area contributed by atoms with Gasteiger partial charge in [0.25, 0.3) is 0 Å². The van der Waals surface area contributed by atoms with Crippen LogP contribution in [0.1, 0.15) is 39.3 Å². The number of ether oxygens (including phenoxy) is 1. The van der Waals surface area contributed by atoms with Gasteiger partial charge in [0.15, 0.2) is 0 Å². The number of nitrogens with zero attached hydrogens (tertiary/aromatic N) is 2. The molecule has 1 aromatic heterocycles. The molecular weight excluding hydrogens is 260 g/mol. The third kappa shape index (κ3) is 3.58. The van der Waals surface area contributed by atoms with Gasteiger partial charge < -0.3 is 14.3 Å². The molecule has 1 aliphatic heterocycles. The summed E-state index contributed by atoms with van der Waals surface area (Å²) in [4.78, 5) is 16.9. The smallest absolute Gasteiger partial charge is 0.329 e. The predicted molar refractivity (Wildman–Crippen MR) is 72.5 cm³/mol. The average Bonchev–Trinajstić information content (AvgIpc) is 2.72. The molecule has 0 spiro atoms. The lowest BCUT2D eigenvalue weighted by Gasteiger charge is -2.46. The van der Waals surface area contributed by atoms with E-state index in [1.54, 1.807) is 6.20 Å². The zero-order valence-corrected chi connectivity index (χ0v) is 12.5. The molecule has 2 rings (SSSR count). The molecule has 0 radical (unpaired) electrons. The van der Waals surface area contributed by atoms with Crippen molar-refractivity contribution in [2.24, 2.45) is 0 Å². The first kappa shape index (κ1) is 15.0. The number of aliphatic carboxylic acids is 1. The summed E-state index contributed by atoms with van der Waals surface area (Å²) in [5, 5.41) is 8.61. The van der Waals surface area contributed by atoms with Gasteiger partial charge in [0, 0.05) is 18.5 Å². The quantitative estimate of drug-likeness (QED) is 0.885. The molecule has 0 amide bonds. The minimum atomic E-state index is -0.938. The van der Waals surface area contributed by atoms with Crippen LogP contribution in [0.5, 0.6) is 0 Å². The standard InChI is InChI=1S/C14H22N2O4/c1-13(2,3)10-5-15-11(20-10)6-16-8-14(4,9-16)19-7-12(17)18/h5H,6-9H2,1-4H3,(H,17,18). The summed E-state index contributed by atoms with van der Waals surface area (Å²) in [6.45, 7) is 9.91. The van der Waals surface area contributed by atoms with Crippen LogP contribution in [-0.2, 0) is 21.5 Å². The Morgan fingerprint density at radius 2 is 2.20 bits per heavy atom. The fraction of sp³-hybridized carbons (Fsp3) is 0.714. The van der Waals surface area contributed by atoms with E-state index in [1.165, 1.54) is 0 Å². The first-order chi connectivity index (χ1) is 9.18. The van der Waals surface area contributed by atoms with Crippen molar-refractivity contribution in [3.05, 3.63) is 17.8 Å². The van der Waals surface area contributed by atoms with E-state index in [0.717, 1.165) is 5.76 Å². The maximum absolute atomic E-state index is 10.5. The zero-order chi connectivity index (χ0) is 15.0. The topological polar surface area (TPSA) is 75.8 Å². The molecule has 112 valence electrons. The molecule has 6 nitrogen and oxygen atoms in total. The number of hydrogen-bond donors (Lipinski definition) is 1. The van der Waals surface area contributed by atoms with E-state index in [9.17, 15) is 4.79 Å². The summed E-state index contributed by atoms with van der Waals surface area (Å²) in [5.41, 5.74) is -0.419. The lowest BCUT2D eigenvalue weighted by Crippen LogP contribution is -2.61. The monoisotopic (exact) mass is 282 g/mol. The molecule has 1 aromatic rings. The van der Waals surface area contributed by atoms with Crippen molar-refractivity contribution < 1.29 is 19.1 Å². The summed E-state index contributed by atoms with van der Waals surface area (Å²) in [6.07, 6.45) is 1.77. The number of carboxylic acids is 1. The van der Waals surface area contributed by atoms with Crippen molar-refractivity contribution >= 4 is 5.97 Å². The third-order valence-corrected chi connectivity index (χ3v) is 3.31. The van der Waals surface area contributed by atoms with Crippen molar-refractivity contribution in [1.29, 1.82) is 0 Å². The fourth-order valence-electron chi connectivity index (χ4n) is 2.26. The van der Waals surface area contributed by atoms with Gasteiger partial charge in [-0.2, -0.15) is 0 Å². The number of hydrogen-bond acceptors (Lipinski definition) is 5. The van der Waals surface area contributed by atoms with Crippen molar-refractivity contribution in [3.63, 3.8) is 0 Å². The minimum Gasteiger partial charge on any atom is -0.480 e. The highest BCUT2D eigenvalue weighted by atomic mass is 16.5. The first-order valence-corrected chi connectivity index (χ1v) is 6.71. The summed E-state index contributed by atoms with van der Waals surface area (Å²) >= 11 is 0. The van der Waals surface area contributed by atoms with Gasteiger partial charge in [-0.15, -0.1) is 0 Å². The van der Waals surface area contributed by atoms with Crippen LogP contribution in [0.25, 0.3) is 0 Å². The van der Waals surface area contributed by atoms with Crippen molar-refractivity contribution in [2.45, 2.75) is 45.3 Å². The highest BCUT2D eigenvalue weighted by Gasteiger charge is 2.40. The average molecular weight is 282 g/mol. The SMILES string of the molecule is CC1(OCC(=O)O)CN(Cc2ncc(C(C)(C)C)o2)C1. The van der Waals surface area contributed by atoms with Crippen LogP contribution in [0.15, 0.2) is 10.6 Å². The van der Waals surface area contributed by atoms with E-state index in [4.69, 9.17) is 14.3 Å². The minimum absolute atomic E-state index is 0.0424. The van der Waals surface area contributed by atoms with Crippen LogP contribution in [-0.4, -0.2) is 46.3 Å². The Balaban J connectivity index is 1.82. The van der Waals surface area contributed by atoms with Gasteiger partial charge in [-0.1, -0.05) is 20.8 Å². The van der Waals surface area contributed by atoms with Crippen molar-refractivity contribution in [3.8, 4) is 0 Å². The molecule has 1 aliphatic rings. The van der Waals surface area contributed by atoms with Crippen LogP contribution < -0.4 is 0 Å². The predicted octanol–water partition coefficient (Wildman–Crippen LogP) is 1.65. The van der Waals surface area contributed by atoms with Crippen LogP contribution in [0.2, 0.25) is 0 Å². The fourth-order valence-corrected chi connectivity index (χ4v) is 2.26. The highest BCUT2D eigenvalue weighted by Crippen LogP contribution is 2.28. The molecule has 1 saturated heterocycles. The van der Waals surface area contributed by atoms with Crippen LogP contribution in [0.3, 0.4) is 0 Å².